The minimum absolute atomic E-state index is 0.0153. The Morgan fingerprint density at radius 2 is 2.19 bits per heavy atom. The third-order valence-corrected chi connectivity index (χ3v) is 3.07. The number of aromatic nitrogens is 2. The van der Waals surface area contributed by atoms with Gasteiger partial charge in [-0.1, -0.05) is 5.16 Å². The van der Waals surface area contributed by atoms with Crippen molar-refractivity contribution >= 4 is 11.7 Å². The number of hydrogen-bond acceptors (Lipinski definition) is 8. The molecule has 0 unspecified atom stereocenters. The predicted molar refractivity (Wildman–Crippen MR) is 68.7 cm³/mol. The van der Waals surface area contributed by atoms with E-state index >= 15 is 0 Å². The highest BCUT2D eigenvalue weighted by molar-refractivity contribution is 5.96. The van der Waals surface area contributed by atoms with E-state index in [9.17, 15) is 9.90 Å². The molecule has 1 saturated carbocycles. The van der Waals surface area contributed by atoms with Crippen LogP contribution in [0.1, 0.15) is 32.4 Å². The molecular formula is C11H17N5O5. The van der Waals surface area contributed by atoms with Crippen LogP contribution in [0, 0.1) is 0 Å². The van der Waals surface area contributed by atoms with Gasteiger partial charge in [0.25, 0.3) is 11.8 Å². The van der Waals surface area contributed by atoms with Gasteiger partial charge in [-0.2, -0.15) is 0 Å². The minimum atomic E-state index is -1.42. The number of nitrogens with one attached hydrogen (secondary N) is 1. The number of nitrogens with two attached hydrogens (primary N) is 1. The topological polar surface area (TPSA) is 156 Å². The van der Waals surface area contributed by atoms with Crippen LogP contribution in [0.5, 0.6) is 5.88 Å². The molecule has 2 rings (SSSR count). The Balaban J connectivity index is 1.84. The smallest absolute Gasteiger partial charge is 0.287 e. The third kappa shape index (κ3) is 3.40. The molecule has 1 aromatic rings. The molecule has 1 aliphatic rings. The fourth-order valence-corrected chi connectivity index (χ4v) is 1.76. The molecule has 1 aliphatic carbocycles. The van der Waals surface area contributed by atoms with Crippen LogP contribution in [0.4, 0.5) is 0 Å². The molecule has 1 heterocycles. The van der Waals surface area contributed by atoms with Crippen molar-refractivity contribution in [2.24, 2.45) is 10.9 Å². The van der Waals surface area contributed by atoms with E-state index in [1.54, 1.807) is 0 Å². The molecule has 1 aromatic heterocycles. The first-order chi connectivity index (χ1) is 9.81. The first-order valence-electron chi connectivity index (χ1n) is 6.31. The summed E-state index contributed by atoms with van der Waals surface area (Å²) in [5, 5.41) is 30.6. The first-order valence-corrected chi connectivity index (χ1v) is 6.31. The fourth-order valence-electron chi connectivity index (χ4n) is 1.76. The maximum absolute atomic E-state index is 11.6. The van der Waals surface area contributed by atoms with Gasteiger partial charge in [-0.3, -0.25) is 4.79 Å². The molecule has 5 N–H and O–H groups in total. The van der Waals surface area contributed by atoms with Gasteiger partial charge in [0, 0.05) is 18.9 Å². The molecule has 0 spiro atoms. The second kappa shape index (κ2) is 5.56. The number of amidine groups is 1. The molecule has 0 atom stereocenters. The van der Waals surface area contributed by atoms with E-state index in [1.807, 2.05) is 0 Å². The van der Waals surface area contributed by atoms with Crippen molar-refractivity contribution in [3.05, 3.63) is 5.69 Å². The van der Waals surface area contributed by atoms with Crippen LogP contribution in [0.15, 0.2) is 9.78 Å². The van der Waals surface area contributed by atoms with Crippen molar-refractivity contribution in [2.75, 3.05) is 0 Å². The van der Waals surface area contributed by atoms with E-state index in [-0.39, 0.29) is 29.6 Å². The average Bonchev–Trinajstić information content (AvgIpc) is 2.82. The third-order valence-electron chi connectivity index (χ3n) is 3.07. The number of aliphatic hydroxyl groups is 1. The van der Waals surface area contributed by atoms with Crippen LogP contribution < -0.4 is 15.8 Å². The Labute approximate surface area is 119 Å². The molecule has 0 aromatic carbocycles. The molecule has 0 aliphatic heterocycles. The normalized spacial score (nSPS) is 22.5. The number of carbonyl (C=O) groups is 1. The Kier molecular flexibility index (Phi) is 3.98. The zero-order chi connectivity index (χ0) is 15.6. The molecular weight excluding hydrogens is 282 g/mol. The molecule has 0 radical (unpaired) electrons. The van der Waals surface area contributed by atoms with Gasteiger partial charge in [0.2, 0.25) is 5.69 Å². The molecule has 0 saturated heterocycles. The number of ether oxygens (including phenoxy) is 1. The van der Waals surface area contributed by atoms with Gasteiger partial charge in [-0.15, -0.1) is 0 Å². The summed E-state index contributed by atoms with van der Waals surface area (Å²) in [6, 6.07) is -0.0823. The summed E-state index contributed by atoms with van der Waals surface area (Å²) in [5.74, 6) is -0.675. The van der Waals surface area contributed by atoms with E-state index < -0.39 is 11.5 Å². The molecule has 116 valence electrons. The second-order valence-electron chi connectivity index (χ2n) is 5.34. The van der Waals surface area contributed by atoms with Crippen LogP contribution >= 0.6 is 0 Å². The Bertz CT molecular complexity index is 543. The molecule has 10 nitrogen and oxygen atoms in total. The van der Waals surface area contributed by atoms with Crippen molar-refractivity contribution in [1.82, 2.24) is 15.6 Å². The lowest BCUT2D eigenvalue weighted by molar-refractivity contribution is -0.138. The summed E-state index contributed by atoms with van der Waals surface area (Å²) in [6.45, 7) is 2.83. The van der Waals surface area contributed by atoms with Gasteiger partial charge in [0.1, 0.15) is 11.7 Å². The van der Waals surface area contributed by atoms with Crippen molar-refractivity contribution < 1.29 is 24.5 Å². The van der Waals surface area contributed by atoms with E-state index in [0.29, 0.717) is 12.8 Å². The van der Waals surface area contributed by atoms with Crippen molar-refractivity contribution in [3.8, 4) is 5.88 Å². The van der Waals surface area contributed by atoms with Gasteiger partial charge >= 0.3 is 0 Å². The summed E-state index contributed by atoms with van der Waals surface area (Å²) in [6.07, 6.45) is 0.892. The highest BCUT2D eigenvalue weighted by atomic mass is 16.6. The fraction of sp³-hybridized carbons (Fsp3) is 0.636. The lowest BCUT2D eigenvalue weighted by Crippen LogP contribution is -2.54. The number of hydrogen-bond donors (Lipinski definition) is 4. The summed E-state index contributed by atoms with van der Waals surface area (Å²) < 4.78 is 9.96. The number of nitrogens with zero attached hydrogens (tertiary/aromatic N) is 3. The Morgan fingerprint density at radius 1 is 1.52 bits per heavy atom. The summed E-state index contributed by atoms with van der Waals surface area (Å²) in [5.41, 5.74) is 3.99. The van der Waals surface area contributed by atoms with Crippen LogP contribution in [0.3, 0.4) is 0 Å². The zero-order valence-corrected chi connectivity index (χ0v) is 11.6. The maximum Gasteiger partial charge on any atom is 0.287 e. The maximum atomic E-state index is 11.6. The van der Waals surface area contributed by atoms with E-state index in [0.717, 1.165) is 0 Å². The quantitative estimate of drug-likeness (QED) is 0.232. The highest BCUT2D eigenvalue weighted by Crippen LogP contribution is 2.26. The minimum Gasteiger partial charge on any atom is -0.470 e. The lowest BCUT2D eigenvalue weighted by Gasteiger charge is -2.36. The Morgan fingerprint density at radius 3 is 2.76 bits per heavy atom. The largest absolute Gasteiger partial charge is 0.470 e. The summed E-state index contributed by atoms with van der Waals surface area (Å²) in [4.78, 5) is 11.6. The predicted octanol–water partition coefficient (Wildman–Crippen LogP) is -1.04. The monoisotopic (exact) mass is 299 g/mol. The van der Waals surface area contributed by atoms with Crippen molar-refractivity contribution in [1.29, 1.82) is 0 Å². The van der Waals surface area contributed by atoms with E-state index in [4.69, 9.17) is 15.7 Å². The van der Waals surface area contributed by atoms with Crippen molar-refractivity contribution in [3.63, 3.8) is 0 Å². The number of carbonyl (C=O) groups excluding carboxylic acids is 1. The average molecular weight is 299 g/mol. The van der Waals surface area contributed by atoms with Crippen LogP contribution in [-0.2, 0) is 4.79 Å². The van der Waals surface area contributed by atoms with Gasteiger partial charge in [0.15, 0.2) is 5.84 Å². The van der Waals surface area contributed by atoms with E-state index in [1.165, 1.54) is 13.8 Å². The van der Waals surface area contributed by atoms with E-state index in [2.05, 4.69) is 25.4 Å². The van der Waals surface area contributed by atoms with Gasteiger partial charge in [-0.05, 0) is 24.2 Å². The molecule has 21 heavy (non-hydrogen) atoms. The number of amides is 1. The van der Waals surface area contributed by atoms with Crippen LogP contribution in [0.25, 0.3) is 0 Å². The molecule has 1 fully saturated rings. The zero-order valence-electron chi connectivity index (χ0n) is 11.6. The van der Waals surface area contributed by atoms with Gasteiger partial charge in [0.05, 0.1) is 0 Å². The number of oxime groups is 1. The summed E-state index contributed by atoms with van der Waals surface area (Å²) in [7, 11) is 0. The number of rotatable bonds is 5. The first kappa shape index (κ1) is 15.0. The molecule has 10 heteroatoms. The van der Waals surface area contributed by atoms with Crippen LogP contribution in [-0.4, -0.2) is 50.1 Å². The van der Waals surface area contributed by atoms with Crippen LogP contribution in [0.2, 0.25) is 0 Å². The van der Waals surface area contributed by atoms with Gasteiger partial charge < -0.3 is 26.1 Å². The highest BCUT2D eigenvalue weighted by Gasteiger charge is 2.36. The molecule has 1 amide bonds. The summed E-state index contributed by atoms with van der Waals surface area (Å²) >= 11 is 0. The lowest BCUT2D eigenvalue weighted by atomic mass is 9.88. The SMILES string of the molecule is CC(C)(O)C(=O)N[C@H]1C[C@@H](Oc2nonc2/C(N)=N/O)C1. The van der Waals surface area contributed by atoms with Gasteiger partial charge in [-0.25, -0.2) is 4.63 Å². The van der Waals surface area contributed by atoms with Crippen molar-refractivity contribution in [2.45, 2.75) is 44.4 Å². The Hall–Kier alpha value is -2.36. The standard InChI is InChI=1S/C11H17N5O5/c1-11(2,18)10(17)13-5-3-6(4-5)20-9-7(8(12)14-19)15-21-16-9/h5-6,18-19H,3-4H2,1-2H3,(H2,12,14)(H,13,17)/t5-,6+. The molecule has 0 bridgehead atoms. The second-order valence-corrected chi connectivity index (χ2v) is 5.34.